The molecular weight excluding hydrogens is 544 g/mol. The van der Waals surface area contributed by atoms with Gasteiger partial charge in [-0.05, 0) is 67.5 Å². The molecule has 9 heteroatoms. The molecule has 0 spiro atoms. The van der Waals surface area contributed by atoms with Crippen LogP contribution in [0.3, 0.4) is 0 Å². The van der Waals surface area contributed by atoms with E-state index in [1.165, 1.54) is 11.3 Å². The Balaban J connectivity index is 1.09. The molecule has 5 heterocycles. The highest BCUT2D eigenvalue weighted by Crippen LogP contribution is 2.62. The highest BCUT2D eigenvalue weighted by Gasteiger charge is 2.71. The molecule has 4 aliphatic rings. The zero-order valence-corrected chi connectivity index (χ0v) is 25.0. The fourth-order valence-electron chi connectivity index (χ4n) is 7.53. The number of carbonyl (C=O) groups is 1. The summed E-state index contributed by atoms with van der Waals surface area (Å²) >= 11 is 0. The largest absolute Gasteiger partial charge is 0.486 e. The van der Waals surface area contributed by atoms with E-state index in [0.29, 0.717) is 32.2 Å². The van der Waals surface area contributed by atoms with Gasteiger partial charge in [-0.25, -0.2) is 4.98 Å². The molecule has 0 amide bonds. The van der Waals surface area contributed by atoms with Crippen LogP contribution in [0.2, 0.25) is 0 Å². The van der Waals surface area contributed by atoms with Crippen molar-refractivity contribution >= 4 is 11.8 Å². The summed E-state index contributed by atoms with van der Waals surface area (Å²) in [5.41, 5.74) is 5.41. The van der Waals surface area contributed by atoms with Crippen LogP contribution in [0, 0.1) is 18.3 Å². The monoisotopic (exact) mass is 584 g/mol. The number of nitrogens with zero attached hydrogens (tertiary/aromatic N) is 4. The maximum absolute atomic E-state index is 12.2. The molecule has 3 aliphatic heterocycles. The summed E-state index contributed by atoms with van der Waals surface area (Å²) in [4.78, 5) is 27.0. The SMILES string of the molecule is COC[C@H]1N(c2cccc(-c3cccc(C)c3OCc3ccc4c(n3)CCN(C3CCOCC3)C4)n2)C[C@@H]2C[C@@]21C(=O)O. The van der Waals surface area contributed by atoms with Crippen LogP contribution < -0.4 is 9.64 Å². The van der Waals surface area contributed by atoms with Crippen molar-refractivity contribution in [3.8, 4) is 17.0 Å². The lowest BCUT2D eigenvalue weighted by molar-refractivity contribution is -0.144. The minimum Gasteiger partial charge on any atom is -0.486 e. The zero-order chi connectivity index (χ0) is 29.6. The first kappa shape index (κ1) is 28.3. The molecule has 0 radical (unpaired) electrons. The number of ether oxygens (including phenoxy) is 3. The topological polar surface area (TPSA) is 97.3 Å². The van der Waals surface area contributed by atoms with Gasteiger partial charge in [0, 0.05) is 63.7 Å². The summed E-state index contributed by atoms with van der Waals surface area (Å²) in [7, 11) is 1.63. The lowest BCUT2D eigenvalue weighted by atomic mass is 9.97. The number of piperidine rings is 1. The highest BCUT2D eigenvalue weighted by molar-refractivity contribution is 5.82. The summed E-state index contributed by atoms with van der Waals surface area (Å²) in [5, 5.41) is 10.0. The first-order chi connectivity index (χ1) is 21.0. The molecule has 7 rings (SSSR count). The van der Waals surface area contributed by atoms with E-state index < -0.39 is 11.4 Å². The van der Waals surface area contributed by atoms with Crippen LogP contribution >= 0.6 is 0 Å². The van der Waals surface area contributed by atoms with Crippen LogP contribution in [0.4, 0.5) is 5.82 Å². The molecule has 0 bridgehead atoms. The predicted molar refractivity (Wildman–Crippen MR) is 162 cm³/mol. The number of anilines is 1. The van der Waals surface area contributed by atoms with Gasteiger partial charge >= 0.3 is 5.97 Å². The number of aliphatic carboxylic acids is 1. The van der Waals surface area contributed by atoms with E-state index in [0.717, 1.165) is 79.6 Å². The molecule has 1 N–H and O–H groups in total. The first-order valence-electron chi connectivity index (χ1n) is 15.5. The Morgan fingerprint density at radius 2 is 1.95 bits per heavy atom. The fraction of sp³-hybridized carbons (Fsp3) is 0.500. The molecule has 3 fully saturated rings. The number of hydrogen-bond acceptors (Lipinski definition) is 8. The lowest BCUT2D eigenvalue weighted by Gasteiger charge is -2.37. The van der Waals surface area contributed by atoms with Crippen molar-refractivity contribution in [2.45, 2.75) is 57.8 Å². The average molecular weight is 585 g/mol. The van der Waals surface area contributed by atoms with E-state index >= 15 is 0 Å². The van der Waals surface area contributed by atoms with E-state index in [2.05, 4.69) is 21.9 Å². The third-order valence-electron chi connectivity index (χ3n) is 9.99. The van der Waals surface area contributed by atoms with Gasteiger partial charge in [0.1, 0.15) is 18.2 Å². The Morgan fingerprint density at radius 1 is 1.12 bits per heavy atom. The van der Waals surface area contributed by atoms with Crippen molar-refractivity contribution in [2.75, 3.05) is 44.9 Å². The van der Waals surface area contributed by atoms with E-state index in [9.17, 15) is 9.90 Å². The summed E-state index contributed by atoms with van der Waals surface area (Å²) in [6.45, 7) is 7.17. The van der Waals surface area contributed by atoms with E-state index in [1.54, 1.807) is 7.11 Å². The van der Waals surface area contributed by atoms with Crippen LogP contribution in [0.15, 0.2) is 48.5 Å². The van der Waals surface area contributed by atoms with Gasteiger partial charge in [-0.1, -0.05) is 24.3 Å². The number of hydrogen-bond donors (Lipinski definition) is 1. The molecule has 1 aliphatic carbocycles. The minimum absolute atomic E-state index is 0.127. The number of carboxylic acids is 1. The summed E-state index contributed by atoms with van der Waals surface area (Å²) in [5.74, 6) is 0.950. The number of pyridine rings is 2. The van der Waals surface area contributed by atoms with Crippen LogP contribution in [-0.4, -0.2) is 78.0 Å². The number of para-hydroxylation sites is 1. The van der Waals surface area contributed by atoms with Gasteiger partial charge < -0.3 is 24.2 Å². The normalized spacial score (nSPS) is 25.3. The average Bonchev–Trinajstić information content (AvgIpc) is 3.69. The van der Waals surface area contributed by atoms with Crippen molar-refractivity contribution in [3.63, 3.8) is 0 Å². The second kappa shape index (κ2) is 11.5. The molecule has 1 aromatic carbocycles. The molecule has 9 nitrogen and oxygen atoms in total. The number of rotatable bonds is 9. The van der Waals surface area contributed by atoms with Crippen molar-refractivity contribution in [1.82, 2.24) is 14.9 Å². The summed E-state index contributed by atoms with van der Waals surface area (Å²) < 4.78 is 17.5. The van der Waals surface area contributed by atoms with Crippen molar-refractivity contribution in [1.29, 1.82) is 0 Å². The molecule has 2 saturated heterocycles. The van der Waals surface area contributed by atoms with Gasteiger partial charge in [-0.2, -0.15) is 0 Å². The Bertz CT molecular complexity index is 1510. The number of carboxylic acid groups (broad SMARTS) is 1. The molecular formula is C34H40N4O5. The molecule has 43 heavy (non-hydrogen) atoms. The molecule has 3 aromatic rings. The molecule has 0 unspecified atom stereocenters. The van der Waals surface area contributed by atoms with Gasteiger partial charge in [0.2, 0.25) is 0 Å². The maximum atomic E-state index is 12.2. The standard InChI is InChI=1S/C34H40N4O5/c1-22-5-3-6-27(29-7-4-8-31(36-29)38-19-24-17-34(24,33(39)40)30(38)21-41-2)32(22)43-20-25-10-9-23-18-37(14-11-28(23)35-25)26-12-15-42-16-13-26/h3-10,24,26,30H,11-21H2,1-2H3,(H,39,40)/t24-,30+,34+/m0/s1. The number of aryl methyl sites for hydroxylation is 1. The first-order valence-corrected chi connectivity index (χ1v) is 15.5. The number of aromatic nitrogens is 2. The summed E-state index contributed by atoms with van der Waals surface area (Å²) in [6, 6.07) is 16.7. The predicted octanol–water partition coefficient (Wildman–Crippen LogP) is 4.49. The molecule has 226 valence electrons. The number of fused-ring (bicyclic) bond motifs is 2. The Hall–Kier alpha value is -3.53. The second-order valence-electron chi connectivity index (χ2n) is 12.5. The third-order valence-corrected chi connectivity index (χ3v) is 9.99. The second-order valence-corrected chi connectivity index (χ2v) is 12.5. The Kier molecular flexibility index (Phi) is 7.57. The lowest BCUT2D eigenvalue weighted by Crippen LogP contribution is -2.43. The Labute approximate surface area is 252 Å². The summed E-state index contributed by atoms with van der Waals surface area (Å²) in [6.07, 6.45) is 3.88. The van der Waals surface area contributed by atoms with Gasteiger partial charge in [0.25, 0.3) is 0 Å². The van der Waals surface area contributed by atoms with Crippen molar-refractivity contribution in [3.05, 3.63) is 71.0 Å². The van der Waals surface area contributed by atoms with Crippen molar-refractivity contribution < 1.29 is 24.1 Å². The molecule has 2 aromatic heterocycles. The van der Waals surface area contributed by atoms with Crippen LogP contribution in [0.25, 0.3) is 11.3 Å². The van der Waals surface area contributed by atoms with Gasteiger partial charge in [0.05, 0.1) is 29.5 Å². The maximum Gasteiger partial charge on any atom is 0.312 e. The Morgan fingerprint density at radius 3 is 2.77 bits per heavy atom. The zero-order valence-electron chi connectivity index (χ0n) is 25.0. The third kappa shape index (κ3) is 5.17. The van der Waals surface area contributed by atoms with Gasteiger partial charge in [0.15, 0.2) is 0 Å². The molecule has 1 saturated carbocycles. The van der Waals surface area contributed by atoms with E-state index in [4.69, 9.17) is 24.2 Å². The fourth-order valence-corrected chi connectivity index (χ4v) is 7.53. The quantitative estimate of drug-likeness (QED) is 0.390. The smallest absolute Gasteiger partial charge is 0.312 e. The van der Waals surface area contributed by atoms with Crippen LogP contribution in [0.5, 0.6) is 5.75 Å². The minimum atomic E-state index is -0.740. The van der Waals surface area contributed by atoms with E-state index in [-0.39, 0.29) is 12.0 Å². The van der Waals surface area contributed by atoms with Gasteiger partial charge in [-0.15, -0.1) is 0 Å². The van der Waals surface area contributed by atoms with E-state index in [1.807, 2.05) is 43.3 Å². The van der Waals surface area contributed by atoms with Crippen LogP contribution in [0.1, 0.15) is 41.8 Å². The number of methoxy groups -OCH3 is 1. The van der Waals surface area contributed by atoms with Crippen molar-refractivity contribution in [2.24, 2.45) is 11.3 Å². The van der Waals surface area contributed by atoms with Gasteiger partial charge in [-0.3, -0.25) is 14.7 Å². The van der Waals surface area contributed by atoms with Crippen LogP contribution in [-0.2, 0) is 33.8 Å². The molecule has 3 atom stereocenters. The number of benzene rings is 1. The highest BCUT2D eigenvalue weighted by atomic mass is 16.5.